The number of nitrogens with zero attached hydrogens (tertiary/aromatic N) is 2. The fourth-order valence-electron chi connectivity index (χ4n) is 1.43. The van der Waals surface area contributed by atoms with E-state index in [1.165, 1.54) is 6.07 Å². The van der Waals surface area contributed by atoms with E-state index in [-0.39, 0.29) is 10.6 Å². The summed E-state index contributed by atoms with van der Waals surface area (Å²) in [6.07, 6.45) is 4.08. The van der Waals surface area contributed by atoms with E-state index in [1.807, 2.05) is 0 Å². The van der Waals surface area contributed by atoms with Gasteiger partial charge in [-0.15, -0.1) is 0 Å². The van der Waals surface area contributed by atoms with Crippen molar-refractivity contribution >= 4 is 17.5 Å². The van der Waals surface area contributed by atoms with Crippen LogP contribution in [0.3, 0.4) is 0 Å². The highest BCUT2D eigenvalue weighted by Crippen LogP contribution is 2.28. The standard InChI is InChI=1S/C10H8N2O2/c13-12(14)10-4-2-1-3-9(10)8-5-6-11-7-8/h1-4,6-7H,5H2. The first-order valence-electron chi connectivity index (χ1n) is 4.23. The Hall–Kier alpha value is -1.97. The van der Waals surface area contributed by atoms with Crippen LogP contribution in [0.2, 0.25) is 0 Å². The highest BCUT2D eigenvalue weighted by Gasteiger charge is 2.16. The Morgan fingerprint density at radius 3 is 2.79 bits per heavy atom. The van der Waals surface area contributed by atoms with Gasteiger partial charge in [0.2, 0.25) is 0 Å². The number of benzene rings is 1. The molecule has 0 aromatic heterocycles. The monoisotopic (exact) mass is 188 g/mol. The summed E-state index contributed by atoms with van der Waals surface area (Å²) < 4.78 is 0. The molecule has 0 unspecified atom stereocenters. The molecule has 70 valence electrons. The highest BCUT2D eigenvalue weighted by molar-refractivity contribution is 5.86. The summed E-state index contributed by atoms with van der Waals surface area (Å²) in [5.41, 5.74) is 1.71. The van der Waals surface area contributed by atoms with Gasteiger partial charge in [-0.25, -0.2) is 0 Å². The molecular formula is C10H8N2O2. The van der Waals surface area contributed by atoms with E-state index in [0.717, 1.165) is 5.57 Å². The van der Waals surface area contributed by atoms with E-state index in [2.05, 4.69) is 4.99 Å². The number of hydrogen-bond donors (Lipinski definition) is 0. The summed E-state index contributed by atoms with van der Waals surface area (Å²) in [5, 5.41) is 10.7. The average Bonchev–Trinajstić information content (AvgIpc) is 2.70. The van der Waals surface area contributed by atoms with Gasteiger partial charge >= 0.3 is 0 Å². The molecule has 1 heterocycles. The summed E-state index contributed by atoms with van der Waals surface area (Å²) in [7, 11) is 0. The van der Waals surface area contributed by atoms with Crippen LogP contribution in [0.15, 0.2) is 35.5 Å². The van der Waals surface area contributed by atoms with Gasteiger partial charge in [0, 0.05) is 24.9 Å². The van der Waals surface area contributed by atoms with Gasteiger partial charge < -0.3 is 0 Å². The quantitative estimate of drug-likeness (QED) is 0.528. The van der Waals surface area contributed by atoms with Crippen molar-refractivity contribution in [1.82, 2.24) is 0 Å². The smallest absolute Gasteiger partial charge is 0.268 e. The van der Waals surface area contributed by atoms with Crippen molar-refractivity contribution < 1.29 is 4.92 Å². The summed E-state index contributed by atoms with van der Waals surface area (Å²) >= 11 is 0. The molecule has 2 rings (SSSR count). The lowest BCUT2D eigenvalue weighted by Crippen LogP contribution is -1.93. The van der Waals surface area contributed by atoms with Crippen LogP contribution in [0.4, 0.5) is 5.69 Å². The molecule has 1 aromatic carbocycles. The van der Waals surface area contributed by atoms with Gasteiger partial charge in [0.1, 0.15) is 0 Å². The molecule has 1 aromatic rings. The lowest BCUT2D eigenvalue weighted by Gasteiger charge is -2.01. The molecule has 14 heavy (non-hydrogen) atoms. The third-order valence-corrected chi connectivity index (χ3v) is 2.09. The lowest BCUT2D eigenvalue weighted by atomic mass is 10.0. The molecule has 4 heteroatoms. The Labute approximate surface area is 80.7 Å². The van der Waals surface area contributed by atoms with Crippen LogP contribution in [-0.4, -0.2) is 11.1 Å². The SMILES string of the molecule is O=[N+]([O-])c1ccccc1C1=CN=CC1. The van der Waals surface area contributed by atoms with E-state index in [9.17, 15) is 10.1 Å². The van der Waals surface area contributed by atoms with E-state index < -0.39 is 0 Å². The molecule has 1 aliphatic heterocycles. The van der Waals surface area contributed by atoms with Gasteiger partial charge in [-0.2, -0.15) is 0 Å². The Kier molecular flexibility index (Phi) is 2.10. The number of hydrogen-bond acceptors (Lipinski definition) is 3. The molecule has 1 aliphatic rings. The van der Waals surface area contributed by atoms with Crippen molar-refractivity contribution in [3.63, 3.8) is 0 Å². The van der Waals surface area contributed by atoms with Crippen molar-refractivity contribution in [2.24, 2.45) is 4.99 Å². The van der Waals surface area contributed by atoms with Gasteiger partial charge in [0.05, 0.1) is 10.5 Å². The van der Waals surface area contributed by atoms with Crippen molar-refractivity contribution in [3.8, 4) is 0 Å². The second kappa shape index (κ2) is 3.41. The molecule has 0 amide bonds. The van der Waals surface area contributed by atoms with E-state index in [4.69, 9.17) is 0 Å². The molecule has 0 bridgehead atoms. The zero-order valence-electron chi connectivity index (χ0n) is 7.38. The maximum atomic E-state index is 10.7. The number of nitro benzene ring substituents is 1. The largest absolute Gasteiger partial charge is 0.276 e. The maximum absolute atomic E-state index is 10.7. The molecule has 0 spiro atoms. The van der Waals surface area contributed by atoms with Crippen molar-refractivity contribution in [3.05, 3.63) is 46.1 Å². The first-order valence-corrected chi connectivity index (χ1v) is 4.23. The van der Waals surface area contributed by atoms with E-state index >= 15 is 0 Å². The third kappa shape index (κ3) is 1.42. The predicted octanol–water partition coefficient (Wildman–Crippen LogP) is 2.41. The van der Waals surface area contributed by atoms with Gasteiger partial charge in [0.15, 0.2) is 0 Å². The molecule has 0 radical (unpaired) electrons. The molecule has 0 aliphatic carbocycles. The molecular weight excluding hydrogens is 180 g/mol. The van der Waals surface area contributed by atoms with E-state index in [0.29, 0.717) is 12.0 Å². The van der Waals surface area contributed by atoms with Gasteiger partial charge in [-0.05, 0) is 11.6 Å². The molecule has 0 saturated heterocycles. The molecule has 0 atom stereocenters. The van der Waals surface area contributed by atoms with E-state index in [1.54, 1.807) is 30.6 Å². The normalized spacial score (nSPS) is 14.1. The fraction of sp³-hybridized carbons (Fsp3) is 0.100. The van der Waals surface area contributed by atoms with Crippen molar-refractivity contribution in [2.45, 2.75) is 6.42 Å². The minimum atomic E-state index is -0.367. The molecule has 0 fully saturated rings. The Bertz CT molecular complexity index is 436. The predicted molar refractivity (Wildman–Crippen MR) is 54.2 cm³/mol. The summed E-state index contributed by atoms with van der Waals surface area (Å²) in [6, 6.07) is 6.71. The second-order valence-corrected chi connectivity index (χ2v) is 2.96. The Balaban J connectivity index is 2.47. The minimum Gasteiger partial charge on any atom is -0.268 e. The van der Waals surface area contributed by atoms with Gasteiger partial charge in [-0.1, -0.05) is 12.1 Å². The summed E-state index contributed by atoms with van der Waals surface area (Å²) in [6.45, 7) is 0. The second-order valence-electron chi connectivity index (χ2n) is 2.96. The van der Waals surface area contributed by atoms with Crippen LogP contribution >= 0.6 is 0 Å². The van der Waals surface area contributed by atoms with Crippen LogP contribution < -0.4 is 0 Å². The van der Waals surface area contributed by atoms with Crippen molar-refractivity contribution in [1.29, 1.82) is 0 Å². The van der Waals surface area contributed by atoms with Gasteiger partial charge in [0.25, 0.3) is 5.69 Å². The first kappa shape index (κ1) is 8.62. The van der Waals surface area contributed by atoms with Crippen LogP contribution in [0.1, 0.15) is 12.0 Å². The van der Waals surface area contributed by atoms with Gasteiger partial charge in [-0.3, -0.25) is 15.1 Å². The highest BCUT2D eigenvalue weighted by atomic mass is 16.6. The number of aliphatic imine (C=N–C) groups is 1. The number of rotatable bonds is 2. The average molecular weight is 188 g/mol. The molecule has 0 N–H and O–H groups in total. The van der Waals surface area contributed by atoms with Crippen LogP contribution in [0.5, 0.6) is 0 Å². The van der Waals surface area contributed by atoms with Crippen molar-refractivity contribution in [2.75, 3.05) is 0 Å². The Morgan fingerprint density at radius 2 is 2.14 bits per heavy atom. The van der Waals surface area contributed by atoms with Crippen LogP contribution in [-0.2, 0) is 0 Å². The lowest BCUT2D eigenvalue weighted by molar-refractivity contribution is -0.385. The fourth-order valence-corrected chi connectivity index (χ4v) is 1.43. The summed E-state index contributed by atoms with van der Waals surface area (Å²) in [4.78, 5) is 14.3. The molecule has 4 nitrogen and oxygen atoms in total. The molecule has 0 saturated carbocycles. The van der Waals surface area contributed by atoms with Crippen LogP contribution in [0, 0.1) is 10.1 Å². The number of allylic oxidation sites excluding steroid dienone is 1. The number of nitro groups is 1. The van der Waals surface area contributed by atoms with Crippen LogP contribution in [0.25, 0.3) is 5.57 Å². The Morgan fingerprint density at radius 1 is 1.36 bits per heavy atom. The topological polar surface area (TPSA) is 55.5 Å². The summed E-state index contributed by atoms with van der Waals surface area (Å²) in [5.74, 6) is 0. The minimum absolute atomic E-state index is 0.143. The number of para-hydroxylation sites is 1. The third-order valence-electron chi connectivity index (χ3n) is 2.09. The first-order chi connectivity index (χ1) is 6.79. The zero-order chi connectivity index (χ0) is 9.97. The maximum Gasteiger partial charge on any atom is 0.276 e. The zero-order valence-corrected chi connectivity index (χ0v) is 7.38.